The number of rotatable bonds is 7. The summed E-state index contributed by atoms with van der Waals surface area (Å²) in [6.45, 7) is 4.57. The Hall–Kier alpha value is -2.53. The van der Waals surface area contributed by atoms with Crippen molar-refractivity contribution in [2.75, 3.05) is 13.1 Å². The third-order valence-electron chi connectivity index (χ3n) is 4.06. The van der Waals surface area contributed by atoms with Crippen LogP contribution in [0, 0.1) is 13.8 Å². The van der Waals surface area contributed by atoms with Gasteiger partial charge in [0.15, 0.2) is 5.82 Å². The molecule has 0 fully saturated rings. The lowest BCUT2D eigenvalue weighted by Crippen LogP contribution is -2.35. The fraction of sp³-hybridized carbons (Fsp3) is 0.278. The molecule has 0 bridgehead atoms. The molecule has 11 heteroatoms. The van der Waals surface area contributed by atoms with Crippen molar-refractivity contribution in [2.45, 2.75) is 20.4 Å². The summed E-state index contributed by atoms with van der Waals surface area (Å²) in [5.41, 5.74) is 2.31. The second-order valence-electron chi connectivity index (χ2n) is 6.15. The zero-order chi connectivity index (χ0) is 21.0. The minimum absolute atomic E-state index is 0.141. The van der Waals surface area contributed by atoms with E-state index in [1.54, 1.807) is 22.9 Å². The zero-order valence-electron chi connectivity index (χ0n) is 15.7. The van der Waals surface area contributed by atoms with Crippen LogP contribution >= 0.6 is 31.9 Å². The molecule has 0 aliphatic rings. The molecule has 3 rings (SSSR count). The number of nitrogens with one attached hydrogen (secondary N) is 2. The highest BCUT2D eigenvalue weighted by atomic mass is 79.9. The normalized spacial score (nSPS) is 10.8. The third kappa shape index (κ3) is 5.10. The van der Waals surface area contributed by atoms with Gasteiger partial charge in [-0.15, -0.1) is 0 Å². The number of hydrogen-bond acceptors (Lipinski definition) is 6. The standard InChI is InChI=1S/C18H18Br2N6O3/c1-10-15(20)11(2)26(24-10)9-14-23-18(29-25-14)17(28)22-8-7-21-16(27)12-5-3-4-6-13(12)19/h3-6H,7-9H2,1-2H3,(H,21,27)(H,22,28). The number of aryl methyl sites for hydroxylation is 1. The number of benzene rings is 1. The fourth-order valence-electron chi connectivity index (χ4n) is 2.54. The minimum Gasteiger partial charge on any atom is -0.350 e. The molecular formula is C18H18Br2N6O3. The van der Waals surface area contributed by atoms with Gasteiger partial charge in [-0.05, 0) is 57.8 Å². The Kier molecular flexibility index (Phi) is 6.80. The molecule has 0 saturated carbocycles. The smallest absolute Gasteiger partial charge is 0.316 e. The topological polar surface area (TPSA) is 115 Å². The van der Waals surface area contributed by atoms with E-state index in [1.807, 2.05) is 19.9 Å². The second kappa shape index (κ2) is 9.31. The maximum absolute atomic E-state index is 12.1. The van der Waals surface area contributed by atoms with Crippen LogP contribution in [-0.2, 0) is 6.54 Å². The molecule has 0 unspecified atom stereocenters. The average Bonchev–Trinajstić information content (AvgIpc) is 3.26. The molecule has 0 atom stereocenters. The Labute approximate surface area is 183 Å². The van der Waals surface area contributed by atoms with Gasteiger partial charge in [-0.1, -0.05) is 17.3 Å². The number of hydrogen-bond donors (Lipinski definition) is 2. The molecule has 0 aliphatic carbocycles. The Morgan fingerprint density at radius 1 is 1.10 bits per heavy atom. The highest BCUT2D eigenvalue weighted by molar-refractivity contribution is 9.10. The van der Waals surface area contributed by atoms with Gasteiger partial charge in [-0.2, -0.15) is 10.1 Å². The molecule has 2 amide bonds. The Morgan fingerprint density at radius 3 is 2.45 bits per heavy atom. The van der Waals surface area contributed by atoms with Gasteiger partial charge in [-0.3, -0.25) is 14.3 Å². The molecule has 9 nitrogen and oxygen atoms in total. The monoisotopic (exact) mass is 524 g/mol. The summed E-state index contributed by atoms with van der Waals surface area (Å²) in [7, 11) is 0. The van der Waals surface area contributed by atoms with Gasteiger partial charge in [0.2, 0.25) is 0 Å². The summed E-state index contributed by atoms with van der Waals surface area (Å²) in [4.78, 5) is 28.3. The SMILES string of the molecule is Cc1nn(Cc2noc(C(=O)NCCNC(=O)c3ccccc3Br)n2)c(C)c1Br. The molecule has 0 spiro atoms. The summed E-state index contributed by atoms with van der Waals surface area (Å²) in [6.07, 6.45) is 0. The van der Waals surface area contributed by atoms with Crippen molar-refractivity contribution in [3.8, 4) is 0 Å². The lowest BCUT2D eigenvalue weighted by molar-refractivity contribution is 0.0898. The molecule has 1 aromatic carbocycles. The average molecular weight is 526 g/mol. The molecule has 0 aliphatic heterocycles. The van der Waals surface area contributed by atoms with Crippen LogP contribution in [0.25, 0.3) is 0 Å². The van der Waals surface area contributed by atoms with Gasteiger partial charge in [0.1, 0.15) is 6.54 Å². The maximum atomic E-state index is 12.1. The molecule has 2 aromatic heterocycles. The molecular weight excluding hydrogens is 508 g/mol. The predicted octanol–water partition coefficient (Wildman–Crippen LogP) is 2.62. The van der Waals surface area contributed by atoms with Crippen LogP contribution in [0.15, 0.2) is 37.7 Å². The molecule has 152 valence electrons. The van der Waals surface area contributed by atoms with E-state index < -0.39 is 5.91 Å². The number of carbonyl (C=O) groups is 2. The highest BCUT2D eigenvalue weighted by Crippen LogP contribution is 2.20. The van der Waals surface area contributed by atoms with E-state index in [4.69, 9.17) is 4.52 Å². The van der Waals surface area contributed by atoms with Crippen molar-refractivity contribution >= 4 is 43.7 Å². The van der Waals surface area contributed by atoms with Crippen LogP contribution in [0.4, 0.5) is 0 Å². The lowest BCUT2D eigenvalue weighted by atomic mass is 10.2. The Balaban J connectivity index is 1.48. The van der Waals surface area contributed by atoms with Crippen molar-refractivity contribution in [1.82, 2.24) is 30.6 Å². The lowest BCUT2D eigenvalue weighted by Gasteiger charge is -2.07. The highest BCUT2D eigenvalue weighted by Gasteiger charge is 2.17. The van der Waals surface area contributed by atoms with E-state index in [0.717, 1.165) is 15.9 Å². The van der Waals surface area contributed by atoms with E-state index in [1.165, 1.54) is 0 Å². The van der Waals surface area contributed by atoms with Crippen LogP contribution in [0.2, 0.25) is 0 Å². The first-order valence-electron chi connectivity index (χ1n) is 8.70. The summed E-state index contributed by atoms with van der Waals surface area (Å²) in [5, 5.41) is 13.6. The van der Waals surface area contributed by atoms with Crippen LogP contribution in [0.5, 0.6) is 0 Å². The van der Waals surface area contributed by atoms with E-state index >= 15 is 0 Å². The quantitative estimate of drug-likeness (QED) is 0.458. The van der Waals surface area contributed by atoms with Crippen molar-refractivity contribution in [2.24, 2.45) is 0 Å². The van der Waals surface area contributed by atoms with Crippen LogP contribution in [0.3, 0.4) is 0 Å². The Morgan fingerprint density at radius 2 is 1.79 bits per heavy atom. The van der Waals surface area contributed by atoms with Gasteiger partial charge in [0.25, 0.3) is 5.91 Å². The third-order valence-corrected chi connectivity index (χ3v) is 5.90. The summed E-state index contributed by atoms with van der Waals surface area (Å²) in [6, 6.07) is 7.10. The van der Waals surface area contributed by atoms with Crippen LogP contribution < -0.4 is 10.6 Å². The van der Waals surface area contributed by atoms with E-state index in [-0.39, 0.29) is 31.4 Å². The summed E-state index contributed by atoms with van der Waals surface area (Å²) in [5.74, 6) is -0.538. The van der Waals surface area contributed by atoms with Gasteiger partial charge in [-0.25, -0.2) is 0 Å². The number of nitrogens with zero attached hydrogens (tertiary/aromatic N) is 4. The maximum Gasteiger partial charge on any atom is 0.316 e. The van der Waals surface area contributed by atoms with Crippen LogP contribution in [0.1, 0.15) is 38.3 Å². The zero-order valence-corrected chi connectivity index (χ0v) is 18.9. The number of halogens is 2. The van der Waals surface area contributed by atoms with Crippen molar-refractivity contribution < 1.29 is 14.1 Å². The van der Waals surface area contributed by atoms with Gasteiger partial charge >= 0.3 is 11.8 Å². The molecule has 29 heavy (non-hydrogen) atoms. The molecule has 0 radical (unpaired) electrons. The second-order valence-corrected chi connectivity index (χ2v) is 7.80. The first-order valence-corrected chi connectivity index (χ1v) is 10.3. The number of amides is 2. The summed E-state index contributed by atoms with van der Waals surface area (Å²) < 4.78 is 8.37. The van der Waals surface area contributed by atoms with Crippen molar-refractivity contribution in [3.63, 3.8) is 0 Å². The van der Waals surface area contributed by atoms with E-state index in [9.17, 15) is 9.59 Å². The van der Waals surface area contributed by atoms with Gasteiger partial charge < -0.3 is 15.2 Å². The molecule has 2 N–H and O–H groups in total. The van der Waals surface area contributed by atoms with Gasteiger partial charge in [0.05, 0.1) is 21.4 Å². The van der Waals surface area contributed by atoms with Gasteiger partial charge in [0, 0.05) is 17.6 Å². The van der Waals surface area contributed by atoms with E-state index in [2.05, 4.69) is 57.7 Å². The van der Waals surface area contributed by atoms with Crippen LogP contribution in [-0.4, -0.2) is 44.8 Å². The molecule has 2 heterocycles. The fourth-order valence-corrected chi connectivity index (χ4v) is 3.29. The Bertz CT molecular complexity index is 1050. The first-order chi connectivity index (χ1) is 13.9. The largest absolute Gasteiger partial charge is 0.350 e. The molecule has 3 aromatic rings. The van der Waals surface area contributed by atoms with E-state index in [0.29, 0.717) is 15.9 Å². The van der Waals surface area contributed by atoms with Crippen molar-refractivity contribution in [3.05, 3.63) is 61.9 Å². The number of carbonyl (C=O) groups excluding carboxylic acids is 2. The minimum atomic E-state index is -0.506. The number of aromatic nitrogens is 4. The first kappa shape index (κ1) is 21.2. The summed E-state index contributed by atoms with van der Waals surface area (Å²) >= 11 is 6.79. The molecule has 0 saturated heterocycles. The predicted molar refractivity (Wildman–Crippen MR) is 112 cm³/mol. The van der Waals surface area contributed by atoms with Crippen molar-refractivity contribution in [1.29, 1.82) is 0 Å².